The van der Waals surface area contributed by atoms with Crippen LogP contribution in [0, 0.1) is 0 Å². The summed E-state index contributed by atoms with van der Waals surface area (Å²) in [7, 11) is 0. The number of Topliss-reactive ketones (excluding diaryl/α,β-unsaturated/α-hetero) is 1. The summed E-state index contributed by atoms with van der Waals surface area (Å²) in [6, 6.07) is 14.9. The Morgan fingerprint density at radius 1 is 1.15 bits per heavy atom. The number of para-hydroxylation sites is 1. The molecule has 0 saturated heterocycles. The molecule has 0 fully saturated rings. The molecule has 0 aliphatic rings. The van der Waals surface area contributed by atoms with E-state index in [0.29, 0.717) is 5.56 Å². The molecule has 102 valence electrons. The van der Waals surface area contributed by atoms with E-state index < -0.39 is 0 Å². The quantitative estimate of drug-likeness (QED) is 0.578. The Morgan fingerprint density at radius 3 is 2.55 bits per heavy atom. The second-order valence-corrected chi connectivity index (χ2v) is 5.23. The van der Waals surface area contributed by atoms with Crippen LogP contribution in [-0.4, -0.2) is 12.4 Å². The van der Waals surface area contributed by atoms with Gasteiger partial charge in [-0.05, 0) is 30.2 Å². The van der Waals surface area contributed by atoms with Gasteiger partial charge in [-0.25, -0.2) is 0 Å². The second-order valence-electron chi connectivity index (χ2n) is 4.32. The van der Waals surface area contributed by atoms with Crippen molar-refractivity contribution in [2.45, 2.75) is 6.42 Å². The fourth-order valence-electron chi connectivity index (χ4n) is 1.83. The summed E-state index contributed by atoms with van der Waals surface area (Å²) in [5.74, 6) is 0.698. The molecule has 0 aliphatic heterocycles. The molecule has 0 spiro atoms. The van der Waals surface area contributed by atoms with Crippen LogP contribution in [0.15, 0.2) is 65.7 Å². The molecule has 0 N–H and O–H groups in total. The Bertz CT molecular complexity index is 603. The van der Waals surface area contributed by atoms with Crippen molar-refractivity contribution in [2.75, 3.05) is 6.61 Å². The summed E-state index contributed by atoms with van der Waals surface area (Å²) in [5, 5.41) is 0. The van der Waals surface area contributed by atoms with Crippen molar-refractivity contribution in [1.29, 1.82) is 0 Å². The summed E-state index contributed by atoms with van der Waals surface area (Å²) < 4.78 is 6.58. The van der Waals surface area contributed by atoms with E-state index in [9.17, 15) is 4.79 Å². The van der Waals surface area contributed by atoms with Crippen molar-refractivity contribution in [3.63, 3.8) is 0 Å². The fourth-order valence-corrected chi connectivity index (χ4v) is 2.10. The van der Waals surface area contributed by atoms with Crippen molar-refractivity contribution in [1.82, 2.24) is 0 Å². The van der Waals surface area contributed by atoms with Gasteiger partial charge in [-0.15, -0.1) is 6.58 Å². The third-order valence-electron chi connectivity index (χ3n) is 2.86. The fraction of sp³-hybridized carbons (Fsp3) is 0.118. The normalized spacial score (nSPS) is 10.1. The molecule has 2 nitrogen and oxygen atoms in total. The number of rotatable bonds is 6. The van der Waals surface area contributed by atoms with Crippen molar-refractivity contribution < 1.29 is 9.53 Å². The molecule has 3 heteroatoms. The van der Waals surface area contributed by atoms with Gasteiger partial charge >= 0.3 is 0 Å². The minimum atomic E-state index is -0.0362. The van der Waals surface area contributed by atoms with Gasteiger partial charge in [0, 0.05) is 10.0 Å². The molecule has 0 bridgehead atoms. The first-order chi connectivity index (χ1) is 9.70. The topological polar surface area (TPSA) is 26.3 Å². The molecule has 0 aliphatic carbocycles. The third-order valence-corrected chi connectivity index (χ3v) is 3.39. The first-order valence-electron chi connectivity index (χ1n) is 6.31. The summed E-state index contributed by atoms with van der Waals surface area (Å²) in [4.78, 5) is 12.0. The van der Waals surface area contributed by atoms with Crippen LogP contribution in [0.2, 0.25) is 0 Å². The Labute approximate surface area is 127 Å². The van der Waals surface area contributed by atoms with Gasteiger partial charge in [-0.3, -0.25) is 4.79 Å². The lowest BCUT2D eigenvalue weighted by atomic mass is 10.1. The molecule has 0 saturated carbocycles. The maximum absolute atomic E-state index is 12.0. The van der Waals surface area contributed by atoms with Crippen LogP contribution in [0.1, 0.15) is 15.9 Å². The number of benzene rings is 2. The van der Waals surface area contributed by atoms with E-state index in [-0.39, 0.29) is 12.4 Å². The number of ether oxygens (including phenoxy) is 1. The zero-order valence-electron chi connectivity index (χ0n) is 11.0. The van der Waals surface area contributed by atoms with Crippen LogP contribution in [0.5, 0.6) is 5.75 Å². The second kappa shape index (κ2) is 7.06. The summed E-state index contributed by atoms with van der Waals surface area (Å²) in [6.07, 6.45) is 2.54. The van der Waals surface area contributed by atoms with Crippen molar-refractivity contribution in [3.8, 4) is 5.75 Å². The van der Waals surface area contributed by atoms with E-state index in [0.717, 1.165) is 22.2 Å². The molecule has 0 amide bonds. The largest absolute Gasteiger partial charge is 0.485 e. The monoisotopic (exact) mass is 330 g/mol. The van der Waals surface area contributed by atoms with Crippen LogP contribution in [0.4, 0.5) is 0 Å². The van der Waals surface area contributed by atoms with Gasteiger partial charge in [0.15, 0.2) is 12.4 Å². The Kier molecular flexibility index (Phi) is 5.13. The molecule has 2 rings (SSSR count). The highest BCUT2D eigenvalue weighted by Crippen LogP contribution is 2.19. The van der Waals surface area contributed by atoms with Crippen LogP contribution in [0.25, 0.3) is 0 Å². The summed E-state index contributed by atoms with van der Waals surface area (Å²) >= 11 is 3.35. The van der Waals surface area contributed by atoms with Gasteiger partial charge in [-0.2, -0.15) is 0 Å². The molecular weight excluding hydrogens is 316 g/mol. The van der Waals surface area contributed by atoms with E-state index in [2.05, 4.69) is 22.5 Å². The van der Waals surface area contributed by atoms with Gasteiger partial charge in [-0.1, -0.05) is 52.3 Å². The van der Waals surface area contributed by atoms with E-state index in [4.69, 9.17) is 4.74 Å². The highest BCUT2D eigenvalue weighted by molar-refractivity contribution is 9.10. The smallest absolute Gasteiger partial charge is 0.200 e. The summed E-state index contributed by atoms with van der Waals surface area (Å²) in [6.45, 7) is 3.76. The third kappa shape index (κ3) is 3.81. The van der Waals surface area contributed by atoms with E-state index in [1.165, 1.54) is 0 Å². The van der Waals surface area contributed by atoms with Crippen LogP contribution < -0.4 is 4.74 Å². The van der Waals surface area contributed by atoms with Gasteiger partial charge in [0.1, 0.15) is 5.75 Å². The number of ketones is 1. The van der Waals surface area contributed by atoms with Crippen molar-refractivity contribution in [2.24, 2.45) is 0 Å². The number of allylic oxidation sites excluding steroid dienone is 1. The van der Waals surface area contributed by atoms with Gasteiger partial charge in [0.2, 0.25) is 0 Å². The highest BCUT2D eigenvalue weighted by atomic mass is 79.9. The predicted octanol–water partition coefficient (Wildman–Crippen LogP) is 4.44. The van der Waals surface area contributed by atoms with E-state index in [1.807, 2.05) is 42.5 Å². The number of hydrogen-bond acceptors (Lipinski definition) is 2. The first kappa shape index (κ1) is 14.5. The maximum Gasteiger partial charge on any atom is 0.200 e. The van der Waals surface area contributed by atoms with Gasteiger partial charge in [0.25, 0.3) is 0 Å². The molecular formula is C17H15BrO2. The summed E-state index contributed by atoms with van der Waals surface area (Å²) in [5.41, 5.74) is 1.68. The van der Waals surface area contributed by atoms with Crippen molar-refractivity contribution >= 4 is 21.7 Å². The number of carbonyl (C=O) groups is 1. The Hall–Kier alpha value is -1.87. The van der Waals surface area contributed by atoms with Crippen LogP contribution in [0.3, 0.4) is 0 Å². The zero-order valence-corrected chi connectivity index (χ0v) is 12.6. The molecule has 0 atom stereocenters. The average molecular weight is 331 g/mol. The molecule has 0 aromatic heterocycles. The molecule has 0 radical (unpaired) electrons. The van der Waals surface area contributed by atoms with E-state index >= 15 is 0 Å². The minimum absolute atomic E-state index is 0.0362. The number of halogens is 1. The van der Waals surface area contributed by atoms with Crippen LogP contribution in [-0.2, 0) is 6.42 Å². The first-order valence-corrected chi connectivity index (χ1v) is 7.10. The molecule has 2 aromatic carbocycles. The van der Waals surface area contributed by atoms with Crippen molar-refractivity contribution in [3.05, 3.63) is 76.8 Å². The SMILES string of the molecule is C=CCc1ccccc1OCC(=O)c1ccc(Br)cc1. The van der Waals surface area contributed by atoms with Gasteiger partial charge in [0.05, 0.1) is 0 Å². The zero-order chi connectivity index (χ0) is 14.4. The molecule has 2 aromatic rings. The van der Waals surface area contributed by atoms with Crippen LogP contribution >= 0.6 is 15.9 Å². The standard InChI is InChI=1S/C17H15BrO2/c1-2-5-14-6-3-4-7-17(14)20-12-16(19)13-8-10-15(18)11-9-13/h2-4,6-11H,1,5,12H2. The minimum Gasteiger partial charge on any atom is -0.485 e. The molecule has 20 heavy (non-hydrogen) atoms. The lowest BCUT2D eigenvalue weighted by Gasteiger charge is -2.09. The maximum atomic E-state index is 12.0. The average Bonchev–Trinajstić information content (AvgIpc) is 2.47. The lowest BCUT2D eigenvalue weighted by molar-refractivity contribution is 0.0921. The van der Waals surface area contributed by atoms with Gasteiger partial charge < -0.3 is 4.74 Å². The number of carbonyl (C=O) groups excluding carboxylic acids is 1. The highest BCUT2D eigenvalue weighted by Gasteiger charge is 2.08. The number of hydrogen-bond donors (Lipinski definition) is 0. The van der Waals surface area contributed by atoms with E-state index in [1.54, 1.807) is 12.1 Å². The Morgan fingerprint density at radius 2 is 1.85 bits per heavy atom. The molecule has 0 unspecified atom stereocenters. The predicted molar refractivity (Wildman–Crippen MR) is 84.3 cm³/mol. The molecule has 0 heterocycles. The Balaban J connectivity index is 2.03. The lowest BCUT2D eigenvalue weighted by Crippen LogP contribution is -2.12.